The van der Waals surface area contributed by atoms with Gasteiger partial charge in [0.25, 0.3) is 0 Å². The molecule has 0 unspecified atom stereocenters. The second kappa shape index (κ2) is 7.61. The van der Waals surface area contributed by atoms with E-state index in [1.54, 1.807) is 0 Å². The molecule has 2 aromatic rings. The van der Waals surface area contributed by atoms with Gasteiger partial charge in [-0.05, 0) is 42.8 Å². The van der Waals surface area contributed by atoms with E-state index < -0.39 is 0 Å². The van der Waals surface area contributed by atoms with E-state index in [0.29, 0.717) is 17.6 Å². The van der Waals surface area contributed by atoms with Crippen LogP contribution in [0.2, 0.25) is 5.02 Å². The predicted molar refractivity (Wildman–Crippen MR) is 96.6 cm³/mol. The lowest BCUT2D eigenvalue weighted by Crippen LogP contribution is -2.31. The van der Waals surface area contributed by atoms with E-state index in [1.807, 2.05) is 41.9 Å². The van der Waals surface area contributed by atoms with Crippen molar-refractivity contribution in [1.29, 1.82) is 0 Å². The molecule has 6 heteroatoms. The van der Waals surface area contributed by atoms with E-state index in [4.69, 9.17) is 23.8 Å². The molecule has 0 bridgehead atoms. The summed E-state index contributed by atoms with van der Waals surface area (Å²) in [5.41, 5.74) is 2.23. The molecule has 0 fully saturated rings. The van der Waals surface area contributed by atoms with Gasteiger partial charge >= 0.3 is 0 Å². The van der Waals surface area contributed by atoms with E-state index in [0.717, 1.165) is 28.6 Å². The third-order valence-corrected chi connectivity index (χ3v) is 3.64. The van der Waals surface area contributed by atoms with Crippen LogP contribution in [0.3, 0.4) is 0 Å². The molecule has 0 saturated carbocycles. The third-order valence-electron chi connectivity index (χ3n) is 3.14. The Labute approximate surface area is 141 Å². The van der Waals surface area contributed by atoms with E-state index in [1.165, 1.54) is 0 Å². The van der Waals surface area contributed by atoms with Gasteiger partial charge in [0.1, 0.15) is 0 Å². The average molecular weight is 337 g/mol. The second-order valence-corrected chi connectivity index (χ2v) is 6.53. The standard InChI is InChI=1S/C16H21ClN4S/c1-11(2)9-18-16(22)19-15-8-12(3)21(20-15)10-13-4-6-14(17)7-5-13/h4-8,11H,9-10H2,1-3H3,(H2,18,19,20,22). The zero-order valence-electron chi connectivity index (χ0n) is 13.1. The number of aryl methyl sites for hydroxylation is 1. The first-order chi connectivity index (χ1) is 10.4. The zero-order valence-corrected chi connectivity index (χ0v) is 14.6. The number of nitrogens with one attached hydrogen (secondary N) is 2. The molecule has 2 rings (SSSR count). The highest BCUT2D eigenvalue weighted by Crippen LogP contribution is 2.14. The van der Waals surface area contributed by atoms with Crippen LogP contribution in [0, 0.1) is 12.8 Å². The Morgan fingerprint density at radius 1 is 1.32 bits per heavy atom. The molecule has 1 heterocycles. The third kappa shape index (κ3) is 5.00. The van der Waals surface area contributed by atoms with Crippen LogP contribution in [0.4, 0.5) is 5.82 Å². The van der Waals surface area contributed by atoms with Crippen LogP contribution in [0.15, 0.2) is 30.3 Å². The summed E-state index contributed by atoms with van der Waals surface area (Å²) in [5, 5.41) is 12.2. The Morgan fingerprint density at radius 2 is 2.00 bits per heavy atom. The Bertz CT molecular complexity index is 634. The minimum Gasteiger partial charge on any atom is -0.362 e. The molecule has 118 valence electrons. The lowest BCUT2D eigenvalue weighted by atomic mass is 10.2. The number of halogens is 1. The van der Waals surface area contributed by atoms with Gasteiger partial charge in [-0.1, -0.05) is 37.6 Å². The molecular formula is C16H21ClN4S. The largest absolute Gasteiger partial charge is 0.362 e. The van der Waals surface area contributed by atoms with Crippen LogP contribution in [0.1, 0.15) is 25.1 Å². The molecule has 0 aliphatic carbocycles. The van der Waals surface area contributed by atoms with Gasteiger partial charge in [-0.3, -0.25) is 4.68 Å². The first-order valence-electron chi connectivity index (χ1n) is 7.28. The normalized spacial score (nSPS) is 10.8. The number of hydrogen-bond donors (Lipinski definition) is 2. The van der Waals surface area contributed by atoms with Crippen molar-refractivity contribution in [2.24, 2.45) is 5.92 Å². The average Bonchev–Trinajstić information content (AvgIpc) is 2.79. The van der Waals surface area contributed by atoms with Crippen LogP contribution >= 0.6 is 23.8 Å². The maximum atomic E-state index is 5.91. The Hall–Kier alpha value is -1.59. The minimum absolute atomic E-state index is 0.545. The van der Waals surface area contributed by atoms with E-state index >= 15 is 0 Å². The smallest absolute Gasteiger partial charge is 0.171 e. The van der Waals surface area contributed by atoms with Crippen LogP contribution in [0.25, 0.3) is 0 Å². The fourth-order valence-electron chi connectivity index (χ4n) is 1.95. The van der Waals surface area contributed by atoms with Crippen molar-refractivity contribution < 1.29 is 0 Å². The second-order valence-electron chi connectivity index (χ2n) is 5.68. The van der Waals surface area contributed by atoms with Gasteiger partial charge in [0.2, 0.25) is 0 Å². The van der Waals surface area contributed by atoms with Crippen molar-refractivity contribution in [3.8, 4) is 0 Å². The van der Waals surface area contributed by atoms with Gasteiger partial charge < -0.3 is 10.6 Å². The molecular weight excluding hydrogens is 316 g/mol. The highest BCUT2D eigenvalue weighted by molar-refractivity contribution is 7.80. The van der Waals surface area contributed by atoms with Gasteiger partial charge in [-0.25, -0.2) is 0 Å². The number of nitrogens with zero attached hydrogens (tertiary/aromatic N) is 2. The lowest BCUT2D eigenvalue weighted by Gasteiger charge is -2.10. The van der Waals surface area contributed by atoms with Crippen LogP contribution < -0.4 is 10.6 Å². The molecule has 2 N–H and O–H groups in total. The summed E-state index contributed by atoms with van der Waals surface area (Å²) in [6.07, 6.45) is 0. The van der Waals surface area contributed by atoms with Crippen molar-refractivity contribution in [2.45, 2.75) is 27.3 Å². The number of hydrogen-bond acceptors (Lipinski definition) is 2. The molecule has 0 atom stereocenters. The molecule has 4 nitrogen and oxygen atoms in total. The minimum atomic E-state index is 0.545. The van der Waals surface area contributed by atoms with Gasteiger partial charge in [0.05, 0.1) is 6.54 Å². The van der Waals surface area contributed by atoms with Crippen molar-refractivity contribution in [3.63, 3.8) is 0 Å². The van der Waals surface area contributed by atoms with E-state index in [2.05, 4.69) is 29.6 Å². The molecule has 0 aliphatic rings. The van der Waals surface area contributed by atoms with E-state index in [9.17, 15) is 0 Å². The molecule has 0 aliphatic heterocycles. The summed E-state index contributed by atoms with van der Waals surface area (Å²) >= 11 is 11.2. The molecule has 0 radical (unpaired) electrons. The first-order valence-corrected chi connectivity index (χ1v) is 8.06. The van der Waals surface area contributed by atoms with Gasteiger partial charge in [-0.15, -0.1) is 0 Å². The maximum Gasteiger partial charge on any atom is 0.171 e. The van der Waals surface area contributed by atoms with Crippen molar-refractivity contribution in [3.05, 3.63) is 46.6 Å². The number of aromatic nitrogens is 2. The maximum absolute atomic E-state index is 5.91. The fraction of sp³-hybridized carbons (Fsp3) is 0.375. The van der Waals surface area contributed by atoms with Gasteiger partial charge in [0, 0.05) is 23.3 Å². The quantitative estimate of drug-likeness (QED) is 0.814. The molecule has 1 aromatic carbocycles. The number of anilines is 1. The van der Waals surface area contributed by atoms with Crippen LogP contribution in [0.5, 0.6) is 0 Å². The molecule has 22 heavy (non-hydrogen) atoms. The summed E-state index contributed by atoms with van der Waals surface area (Å²) in [6, 6.07) is 9.77. The molecule has 0 spiro atoms. The lowest BCUT2D eigenvalue weighted by molar-refractivity contribution is 0.627. The number of thiocarbonyl (C=S) groups is 1. The number of benzene rings is 1. The van der Waals surface area contributed by atoms with Gasteiger partial charge in [0.15, 0.2) is 10.9 Å². The summed E-state index contributed by atoms with van der Waals surface area (Å²) in [5.74, 6) is 1.30. The summed E-state index contributed by atoms with van der Waals surface area (Å²) in [4.78, 5) is 0. The highest BCUT2D eigenvalue weighted by Gasteiger charge is 2.07. The number of rotatable bonds is 5. The topological polar surface area (TPSA) is 41.9 Å². The monoisotopic (exact) mass is 336 g/mol. The van der Waals surface area contributed by atoms with E-state index in [-0.39, 0.29) is 0 Å². The Kier molecular flexibility index (Phi) is 5.80. The predicted octanol–water partition coefficient (Wildman–Crippen LogP) is 3.84. The Morgan fingerprint density at radius 3 is 2.64 bits per heavy atom. The first kappa shape index (κ1) is 16.8. The summed E-state index contributed by atoms with van der Waals surface area (Å²) in [7, 11) is 0. The van der Waals surface area contributed by atoms with Gasteiger partial charge in [-0.2, -0.15) is 5.10 Å². The highest BCUT2D eigenvalue weighted by atomic mass is 35.5. The fourth-order valence-corrected chi connectivity index (χ4v) is 2.27. The zero-order chi connectivity index (χ0) is 16.1. The molecule has 0 amide bonds. The summed E-state index contributed by atoms with van der Waals surface area (Å²) < 4.78 is 1.94. The molecule has 1 aromatic heterocycles. The van der Waals surface area contributed by atoms with Crippen molar-refractivity contribution in [1.82, 2.24) is 15.1 Å². The Balaban J connectivity index is 1.98. The summed E-state index contributed by atoms with van der Waals surface area (Å²) in [6.45, 7) is 7.85. The van der Waals surface area contributed by atoms with Crippen LogP contribution in [-0.4, -0.2) is 21.4 Å². The van der Waals surface area contributed by atoms with Crippen molar-refractivity contribution >= 4 is 34.7 Å². The van der Waals surface area contributed by atoms with Crippen LogP contribution in [-0.2, 0) is 6.54 Å². The SMILES string of the molecule is Cc1cc(NC(=S)NCC(C)C)nn1Cc1ccc(Cl)cc1. The van der Waals surface area contributed by atoms with Crippen molar-refractivity contribution in [2.75, 3.05) is 11.9 Å². The molecule has 0 saturated heterocycles.